The maximum atomic E-state index is 12.0. The molecule has 1 N–H and O–H groups in total. The number of imide groups is 1. The van der Waals surface area contributed by atoms with Gasteiger partial charge < -0.3 is 9.84 Å². The van der Waals surface area contributed by atoms with E-state index in [9.17, 15) is 14.7 Å². The van der Waals surface area contributed by atoms with E-state index in [2.05, 4.69) is 6.58 Å². The summed E-state index contributed by atoms with van der Waals surface area (Å²) in [6.45, 7) is 10.4. The summed E-state index contributed by atoms with van der Waals surface area (Å²) in [5, 5.41) is 9.49. The monoisotopic (exact) mass is 253 g/mol. The van der Waals surface area contributed by atoms with Crippen molar-refractivity contribution in [1.82, 2.24) is 4.90 Å². The Morgan fingerprint density at radius 3 is 2.44 bits per heavy atom. The van der Waals surface area contributed by atoms with Crippen molar-refractivity contribution in [3.05, 3.63) is 24.0 Å². The molecule has 5 nitrogen and oxygen atoms in total. The van der Waals surface area contributed by atoms with Crippen molar-refractivity contribution < 1.29 is 19.4 Å². The Bertz CT molecular complexity index is 413. The average molecular weight is 253 g/mol. The van der Waals surface area contributed by atoms with Crippen LogP contribution in [0.15, 0.2) is 24.0 Å². The smallest absolute Gasteiger partial charge is 0.417 e. The average Bonchev–Trinajstić information content (AvgIpc) is 2.52. The van der Waals surface area contributed by atoms with Crippen LogP contribution >= 0.6 is 0 Å². The van der Waals surface area contributed by atoms with Gasteiger partial charge in [-0.2, -0.15) is 0 Å². The highest BCUT2D eigenvalue weighted by Crippen LogP contribution is 2.28. The molecule has 100 valence electrons. The highest BCUT2D eigenvalue weighted by Gasteiger charge is 2.40. The summed E-state index contributed by atoms with van der Waals surface area (Å²) in [5.41, 5.74) is -0.460. The van der Waals surface area contributed by atoms with Crippen molar-refractivity contribution in [2.75, 3.05) is 6.54 Å². The number of aliphatic hydroxyl groups excluding tert-OH is 1. The van der Waals surface area contributed by atoms with E-state index >= 15 is 0 Å². The van der Waals surface area contributed by atoms with Gasteiger partial charge in [-0.1, -0.05) is 6.08 Å². The molecule has 0 aromatic heterocycles. The Kier molecular flexibility index (Phi) is 3.84. The van der Waals surface area contributed by atoms with Crippen LogP contribution in [0.1, 0.15) is 27.7 Å². The van der Waals surface area contributed by atoms with Gasteiger partial charge >= 0.3 is 6.09 Å². The van der Waals surface area contributed by atoms with Gasteiger partial charge in [-0.05, 0) is 27.7 Å². The van der Waals surface area contributed by atoms with Crippen molar-refractivity contribution in [2.45, 2.75) is 33.3 Å². The molecule has 1 saturated heterocycles. The highest BCUT2D eigenvalue weighted by atomic mass is 16.6. The van der Waals surface area contributed by atoms with Gasteiger partial charge in [0.05, 0.1) is 11.3 Å². The van der Waals surface area contributed by atoms with Crippen LogP contribution in [0.2, 0.25) is 0 Å². The summed E-state index contributed by atoms with van der Waals surface area (Å²) in [6.07, 6.45) is 0.840. The fourth-order valence-electron chi connectivity index (χ4n) is 1.76. The molecule has 2 amide bonds. The number of carbonyl (C=O) groups excluding carboxylic acids is 2. The summed E-state index contributed by atoms with van der Waals surface area (Å²) >= 11 is 0. The zero-order chi connectivity index (χ0) is 14.1. The Hall–Kier alpha value is -1.78. The van der Waals surface area contributed by atoms with E-state index in [1.165, 1.54) is 13.0 Å². The molecular weight excluding hydrogens is 234 g/mol. The molecule has 1 atom stereocenters. The van der Waals surface area contributed by atoms with Gasteiger partial charge in [-0.15, -0.1) is 6.58 Å². The lowest BCUT2D eigenvalue weighted by molar-refractivity contribution is -0.124. The second kappa shape index (κ2) is 4.84. The summed E-state index contributed by atoms with van der Waals surface area (Å²) in [7, 11) is 0. The third-order valence-electron chi connectivity index (χ3n) is 2.51. The van der Waals surface area contributed by atoms with Crippen LogP contribution in [0, 0.1) is 5.92 Å². The molecule has 1 unspecified atom stereocenters. The number of ether oxygens (including phenoxy) is 1. The summed E-state index contributed by atoms with van der Waals surface area (Å²) in [6, 6.07) is 0. The molecule has 0 aromatic carbocycles. The van der Waals surface area contributed by atoms with Crippen molar-refractivity contribution in [1.29, 1.82) is 0 Å². The van der Waals surface area contributed by atoms with Crippen LogP contribution in [-0.4, -0.2) is 34.2 Å². The van der Waals surface area contributed by atoms with Gasteiger partial charge in [-0.25, -0.2) is 9.69 Å². The third kappa shape index (κ3) is 2.91. The molecule has 0 aliphatic carbocycles. The van der Waals surface area contributed by atoms with Crippen molar-refractivity contribution >= 4 is 12.0 Å². The van der Waals surface area contributed by atoms with Crippen LogP contribution in [0.5, 0.6) is 0 Å². The van der Waals surface area contributed by atoms with Crippen LogP contribution in [0.25, 0.3) is 0 Å². The predicted octanol–water partition coefficient (Wildman–Crippen LogP) is 2.40. The second-order valence-corrected chi connectivity index (χ2v) is 5.24. The van der Waals surface area contributed by atoms with Crippen molar-refractivity contribution in [2.24, 2.45) is 5.92 Å². The van der Waals surface area contributed by atoms with Crippen LogP contribution < -0.4 is 0 Å². The molecule has 5 heteroatoms. The zero-order valence-electron chi connectivity index (χ0n) is 11.2. The van der Waals surface area contributed by atoms with E-state index in [0.717, 1.165) is 4.90 Å². The molecule has 0 radical (unpaired) electrons. The van der Waals surface area contributed by atoms with Crippen LogP contribution in [-0.2, 0) is 9.53 Å². The number of carbonyl (C=O) groups is 2. The third-order valence-corrected chi connectivity index (χ3v) is 2.51. The molecule has 0 spiro atoms. The number of hydrogen-bond acceptors (Lipinski definition) is 4. The van der Waals surface area contributed by atoms with E-state index in [4.69, 9.17) is 4.74 Å². The van der Waals surface area contributed by atoms with E-state index in [1.54, 1.807) is 20.8 Å². The highest BCUT2D eigenvalue weighted by molar-refractivity contribution is 6.05. The minimum Gasteiger partial charge on any atom is -0.512 e. The molecule has 0 saturated carbocycles. The number of likely N-dealkylation sites (tertiary alicyclic amines) is 1. The quantitative estimate of drug-likeness (QED) is 0.442. The molecular formula is C13H19NO4. The molecule has 1 heterocycles. The van der Waals surface area contributed by atoms with Crippen molar-refractivity contribution in [3.8, 4) is 0 Å². The van der Waals surface area contributed by atoms with Crippen molar-refractivity contribution in [3.63, 3.8) is 0 Å². The SMILES string of the molecule is C=CC1CN(C(=O)OC(C)(C)C)C(=O)/C1=C(\C)O. The number of amides is 2. The summed E-state index contributed by atoms with van der Waals surface area (Å²) < 4.78 is 5.14. The molecule has 1 rings (SSSR count). The predicted molar refractivity (Wildman–Crippen MR) is 67.0 cm³/mol. The lowest BCUT2D eigenvalue weighted by atomic mass is 10.0. The fraction of sp³-hybridized carbons (Fsp3) is 0.538. The lowest BCUT2D eigenvalue weighted by Crippen LogP contribution is -2.37. The standard InChI is InChI=1S/C13H19NO4/c1-6-9-7-14(11(16)10(9)8(2)15)12(17)18-13(3,4)5/h6,9,15H,1,7H2,2-5H3/b10-8+. The lowest BCUT2D eigenvalue weighted by Gasteiger charge is -2.23. The fourth-order valence-corrected chi connectivity index (χ4v) is 1.76. The molecule has 1 aliphatic rings. The number of allylic oxidation sites excluding steroid dienone is 1. The summed E-state index contributed by atoms with van der Waals surface area (Å²) in [5.74, 6) is -0.958. The van der Waals surface area contributed by atoms with Crippen LogP contribution in [0.3, 0.4) is 0 Å². The summed E-state index contributed by atoms with van der Waals surface area (Å²) in [4.78, 5) is 24.8. The van der Waals surface area contributed by atoms with Crippen LogP contribution in [0.4, 0.5) is 4.79 Å². The first kappa shape index (κ1) is 14.3. The first-order chi connectivity index (χ1) is 8.17. The molecule has 0 aromatic rings. The maximum Gasteiger partial charge on any atom is 0.417 e. The first-order valence-corrected chi connectivity index (χ1v) is 5.74. The Balaban J connectivity index is 2.95. The minimum atomic E-state index is -0.699. The second-order valence-electron chi connectivity index (χ2n) is 5.24. The maximum absolute atomic E-state index is 12.0. The number of nitrogens with zero attached hydrogens (tertiary/aromatic N) is 1. The molecule has 1 fully saturated rings. The number of aliphatic hydroxyl groups is 1. The Labute approximate surface area is 107 Å². The van der Waals surface area contributed by atoms with Gasteiger partial charge in [0.1, 0.15) is 5.60 Å². The molecule has 0 bridgehead atoms. The van der Waals surface area contributed by atoms with E-state index in [0.29, 0.717) is 0 Å². The van der Waals surface area contributed by atoms with E-state index in [-0.39, 0.29) is 23.8 Å². The normalized spacial score (nSPS) is 23.0. The van der Waals surface area contributed by atoms with Gasteiger partial charge in [-0.3, -0.25) is 4.79 Å². The number of rotatable bonds is 1. The van der Waals surface area contributed by atoms with E-state index < -0.39 is 17.6 Å². The number of hydrogen-bond donors (Lipinski definition) is 1. The molecule has 18 heavy (non-hydrogen) atoms. The minimum absolute atomic E-state index is 0.0871. The largest absolute Gasteiger partial charge is 0.512 e. The van der Waals surface area contributed by atoms with Gasteiger partial charge in [0.15, 0.2) is 0 Å². The van der Waals surface area contributed by atoms with E-state index in [1.807, 2.05) is 0 Å². The Morgan fingerprint density at radius 2 is 2.11 bits per heavy atom. The Morgan fingerprint density at radius 1 is 1.56 bits per heavy atom. The topological polar surface area (TPSA) is 66.8 Å². The first-order valence-electron chi connectivity index (χ1n) is 5.74. The molecule has 1 aliphatic heterocycles. The van der Waals surface area contributed by atoms with Gasteiger partial charge in [0.2, 0.25) is 0 Å². The zero-order valence-corrected chi connectivity index (χ0v) is 11.2. The van der Waals surface area contributed by atoms with Gasteiger partial charge in [0.25, 0.3) is 5.91 Å². The van der Waals surface area contributed by atoms with Gasteiger partial charge in [0, 0.05) is 12.5 Å².